The topological polar surface area (TPSA) is 155 Å². The van der Waals surface area contributed by atoms with Crippen molar-refractivity contribution in [1.29, 1.82) is 0 Å². The van der Waals surface area contributed by atoms with Crippen LogP contribution < -0.4 is 5.32 Å². The van der Waals surface area contributed by atoms with Gasteiger partial charge in [0, 0.05) is 19.2 Å². The van der Waals surface area contributed by atoms with Crippen LogP contribution in [-0.2, 0) is 32.2 Å². The number of aromatic amines is 2. The molecule has 3 amide bonds. The van der Waals surface area contributed by atoms with Crippen molar-refractivity contribution in [2.45, 2.75) is 78.3 Å². The van der Waals surface area contributed by atoms with E-state index in [1.807, 2.05) is 51.3 Å². The molecule has 4 aromatic rings. The second-order valence-electron chi connectivity index (χ2n) is 13.8. The minimum atomic E-state index is -0.777. The molecule has 2 aliphatic heterocycles. The summed E-state index contributed by atoms with van der Waals surface area (Å²) >= 11 is 0. The molecule has 13 nitrogen and oxygen atoms in total. The van der Waals surface area contributed by atoms with Crippen molar-refractivity contribution in [3.63, 3.8) is 0 Å². The molecule has 2 aromatic carbocycles. The summed E-state index contributed by atoms with van der Waals surface area (Å²) in [7, 11) is 2.94. The van der Waals surface area contributed by atoms with E-state index in [-0.39, 0.29) is 59.0 Å². The molecule has 2 aromatic heterocycles. The lowest BCUT2D eigenvalue weighted by atomic mass is 10.0. The van der Waals surface area contributed by atoms with Crippen LogP contribution in [0.15, 0.2) is 66.9 Å². The van der Waals surface area contributed by atoms with Crippen LogP contribution in [0.2, 0.25) is 0 Å². The normalized spacial score (nSPS) is 18.1. The van der Waals surface area contributed by atoms with Gasteiger partial charge in [0.2, 0.25) is 5.91 Å². The number of methoxy groups -OCH3 is 1. The van der Waals surface area contributed by atoms with E-state index in [1.54, 1.807) is 11.9 Å². The first-order valence-corrected chi connectivity index (χ1v) is 17.1. The van der Waals surface area contributed by atoms with Crippen molar-refractivity contribution < 1.29 is 28.6 Å². The zero-order chi connectivity index (χ0) is 36.1. The summed E-state index contributed by atoms with van der Waals surface area (Å²) in [6.45, 7) is 7.14. The molecule has 1 fully saturated rings. The molecule has 2 bridgehead atoms. The number of carbonyl (C=O) groups is 3. The lowest BCUT2D eigenvalue weighted by molar-refractivity contribution is -0.132. The molecule has 4 heterocycles. The van der Waals surface area contributed by atoms with Crippen molar-refractivity contribution in [2.75, 3.05) is 27.3 Å². The predicted molar refractivity (Wildman–Crippen MR) is 219 cm³/mol. The number of imidazole rings is 2. The van der Waals surface area contributed by atoms with Gasteiger partial charge < -0.3 is 34.4 Å². The van der Waals surface area contributed by atoms with Crippen LogP contribution in [-0.4, -0.2) is 86.8 Å². The SMILES string of the molecule is C.COC(=O)N[C@H]1C/C=C/COCc2[nH]c(nc2-c2ccc(-c3ccc(-c4cnc([C@@H]5CCCN5C(=O)OC(C)(C)C)[nH]4)cc3)cc2)CN(C)C1=O.S.S. The van der Waals surface area contributed by atoms with Gasteiger partial charge in [-0.2, -0.15) is 27.0 Å². The van der Waals surface area contributed by atoms with Crippen LogP contribution in [0.5, 0.6) is 0 Å². The fourth-order valence-corrected chi connectivity index (χ4v) is 6.31. The minimum absolute atomic E-state index is 0. The van der Waals surface area contributed by atoms with E-state index in [0.717, 1.165) is 58.0 Å². The van der Waals surface area contributed by atoms with E-state index in [4.69, 9.17) is 19.2 Å². The largest absolute Gasteiger partial charge is 0.453 e. The van der Waals surface area contributed by atoms with Crippen LogP contribution in [0.25, 0.3) is 33.6 Å². The van der Waals surface area contributed by atoms with Gasteiger partial charge in [-0.3, -0.25) is 9.69 Å². The highest BCUT2D eigenvalue weighted by atomic mass is 32.1. The number of nitrogens with one attached hydrogen (secondary N) is 3. The van der Waals surface area contributed by atoms with Crippen LogP contribution in [0.3, 0.4) is 0 Å². The Morgan fingerprint density at radius 3 is 2.26 bits per heavy atom. The van der Waals surface area contributed by atoms with Crippen LogP contribution in [0, 0.1) is 0 Å². The van der Waals surface area contributed by atoms with Gasteiger partial charge in [0.25, 0.3) is 0 Å². The highest BCUT2D eigenvalue weighted by Gasteiger charge is 2.35. The van der Waals surface area contributed by atoms with E-state index in [1.165, 1.54) is 12.0 Å². The standard InChI is InChI=1S/C38H45N7O6.CH4.2H2S/c1-38(2,3)51-37(48)45-19-8-10-31(45)34-39-21-29(41-34)26-15-11-24(12-16-26)25-13-17-27(18-14-25)33-30-23-50-20-7-6-9-28(42-36(47)49-5)35(46)44(4)22-32(40-30)43-33;;;/h6-7,11-18,21,28,31H,8-10,19-20,22-23H2,1-5H3,(H,39,41)(H,40,43)(H,42,47);1H4;2*1H2/b7-6+;;;/t28-,31-;;;/m0.../s1. The number of fused-ring (bicyclic) bond motifs is 2. The molecular formula is C39H53N7O6S2. The number of hydrogen-bond acceptors (Lipinski definition) is 8. The molecule has 0 saturated carbocycles. The number of aromatic nitrogens is 4. The first kappa shape index (κ1) is 43.7. The molecular weight excluding hydrogens is 727 g/mol. The highest BCUT2D eigenvalue weighted by Crippen LogP contribution is 2.34. The number of ether oxygens (including phenoxy) is 3. The number of alkyl carbamates (subject to hydrolysis) is 1. The van der Waals surface area contributed by atoms with Gasteiger partial charge in [-0.05, 0) is 56.7 Å². The molecule has 54 heavy (non-hydrogen) atoms. The molecule has 2 aliphatic rings. The van der Waals surface area contributed by atoms with Crippen LogP contribution >= 0.6 is 27.0 Å². The molecule has 0 unspecified atom stereocenters. The maximum absolute atomic E-state index is 13.2. The summed E-state index contributed by atoms with van der Waals surface area (Å²) in [5.41, 5.74) is 5.90. The van der Waals surface area contributed by atoms with Gasteiger partial charge in [-0.25, -0.2) is 19.6 Å². The fraction of sp³-hybridized carbons (Fsp3) is 0.410. The smallest absolute Gasteiger partial charge is 0.410 e. The van der Waals surface area contributed by atoms with Crippen LogP contribution in [0.1, 0.15) is 70.8 Å². The number of carbonyl (C=O) groups excluding carboxylic acids is 3. The second kappa shape index (κ2) is 19.0. The van der Waals surface area contributed by atoms with E-state index in [2.05, 4.69) is 56.7 Å². The average Bonchev–Trinajstić information content (AvgIpc) is 3.88. The van der Waals surface area contributed by atoms with Gasteiger partial charge in [-0.15, -0.1) is 0 Å². The number of likely N-dealkylation sites (N-methyl/N-ethyl adjacent to an activating group) is 1. The van der Waals surface area contributed by atoms with Crippen molar-refractivity contribution in [3.05, 3.63) is 84.2 Å². The maximum Gasteiger partial charge on any atom is 0.410 e. The molecule has 3 N–H and O–H groups in total. The van der Waals surface area contributed by atoms with E-state index in [9.17, 15) is 14.4 Å². The number of amides is 3. The third-order valence-corrected chi connectivity index (χ3v) is 8.84. The van der Waals surface area contributed by atoms with Crippen LogP contribution in [0.4, 0.5) is 9.59 Å². The second-order valence-corrected chi connectivity index (χ2v) is 13.8. The number of H-pyrrole nitrogens is 2. The molecule has 0 spiro atoms. The monoisotopic (exact) mass is 779 g/mol. The number of hydrogen-bond donors (Lipinski definition) is 3. The molecule has 6 rings (SSSR count). The molecule has 0 aliphatic carbocycles. The summed E-state index contributed by atoms with van der Waals surface area (Å²) < 4.78 is 16.2. The van der Waals surface area contributed by atoms with Gasteiger partial charge in [0.05, 0.1) is 56.2 Å². The zero-order valence-corrected chi connectivity index (χ0v) is 32.7. The van der Waals surface area contributed by atoms with E-state index in [0.29, 0.717) is 32.0 Å². The summed E-state index contributed by atoms with van der Waals surface area (Å²) in [4.78, 5) is 57.4. The fourth-order valence-electron chi connectivity index (χ4n) is 6.31. The Bertz CT molecular complexity index is 1890. The molecule has 15 heteroatoms. The Morgan fingerprint density at radius 2 is 1.61 bits per heavy atom. The van der Waals surface area contributed by atoms with Crippen molar-refractivity contribution >= 4 is 45.1 Å². The molecule has 0 radical (unpaired) electrons. The maximum atomic E-state index is 13.2. The summed E-state index contributed by atoms with van der Waals surface area (Å²) in [5.74, 6) is 1.11. The van der Waals surface area contributed by atoms with Gasteiger partial charge in [0.1, 0.15) is 23.3 Å². The lowest BCUT2D eigenvalue weighted by Gasteiger charge is -2.27. The highest BCUT2D eigenvalue weighted by molar-refractivity contribution is 7.59. The Hall–Kier alpha value is -4.73. The minimum Gasteiger partial charge on any atom is -0.453 e. The summed E-state index contributed by atoms with van der Waals surface area (Å²) in [5, 5.41) is 2.61. The summed E-state index contributed by atoms with van der Waals surface area (Å²) in [6.07, 6.45) is 6.53. The molecule has 1 saturated heterocycles. The van der Waals surface area contributed by atoms with Crippen molar-refractivity contribution in [1.82, 2.24) is 35.1 Å². The Kier molecular flexibility index (Phi) is 15.4. The Balaban J connectivity index is 0.00000261. The predicted octanol–water partition coefficient (Wildman–Crippen LogP) is 7.23. The number of nitrogens with zero attached hydrogens (tertiary/aromatic N) is 4. The third-order valence-electron chi connectivity index (χ3n) is 8.84. The zero-order valence-electron chi connectivity index (χ0n) is 30.7. The first-order valence-electron chi connectivity index (χ1n) is 17.1. The quantitative estimate of drug-likeness (QED) is 0.179. The van der Waals surface area contributed by atoms with Gasteiger partial charge in [-0.1, -0.05) is 68.1 Å². The molecule has 2 atom stereocenters. The van der Waals surface area contributed by atoms with E-state index < -0.39 is 17.7 Å². The van der Waals surface area contributed by atoms with Crippen molar-refractivity contribution in [3.8, 4) is 33.6 Å². The third kappa shape index (κ3) is 10.5. The average molecular weight is 780 g/mol. The van der Waals surface area contributed by atoms with E-state index >= 15 is 0 Å². The first-order chi connectivity index (χ1) is 24.5. The van der Waals surface area contributed by atoms with Gasteiger partial charge >= 0.3 is 12.2 Å². The Labute approximate surface area is 331 Å². The Morgan fingerprint density at radius 1 is 0.963 bits per heavy atom. The number of benzene rings is 2. The number of rotatable bonds is 5. The lowest BCUT2D eigenvalue weighted by Crippen LogP contribution is -2.47. The number of likely N-dealkylation sites (tertiary alicyclic amines) is 1. The van der Waals surface area contributed by atoms with Gasteiger partial charge in [0.15, 0.2) is 0 Å². The van der Waals surface area contributed by atoms with Crippen molar-refractivity contribution in [2.24, 2.45) is 0 Å². The molecule has 292 valence electrons. The summed E-state index contributed by atoms with van der Waals surface area (Å²) in [6, 6.07) is 15.5.